The van der Waals surface area contributed by atoms with Gasteiger partial charge in [0, 0.05) is 18.7 Å². The molecule has 1 aliphatic heterocycles. The van der Waals surface area contributed by atoms with Crippen molar-refractivity contribution in [2.75, 3.05) is 6.54 Å². The van der Waals surface area contributed by atoms with Crippen molar-refractivity contribution >= 4 is 0 Å². The minimum absolute atomic E-state index is 0.221. The van der Waals surface area contributed by atoms with Crippen LogP contribution in [0.25, 0.3) is 11.4 Å². The van der Waals surface area contributed by atoms with E-state index in [0.717, 1.165) is 30.3 Å². The number of fused-ring (bicyclic) bond motifs is 1. The van der Waals surface area contributed by atoms with Crippen molar-refractivity contribution in [2.45, 2.75) is 19.5 Å². The molecule has 0 saturated heterocycles. The van der Waals surface area contributed by atoms with Gasteiger partial charge in [0.15, 0.2) is 5.82 Å². The zero-order valence-corrected chi connectivity index (χ0v) is 10.1. The highest BCUT2D eigenvalue weighted by molar-refractivity contribution is 5.58. The second kappa shape index (κ2) is 4.24. The minimum atomic E-state index is 0.221. The summed E-state index contributed by atoms with van der Waals surface area (Å²) in [5.41, 5.74) is 1.59. The number of hydrogen-bond donors (Lipinski definition) is 1. The normalized spacial score (nSPS) is 18.1. The van der Waals surface area contributed by atoms with Crippen LogP contribution >= 0.6 is 0 Å². The molecule has 1 N–H and O–H groups in total. The van der Waals surface area contributed by atoms with Gasteiger partial charge < -0.3 is 9.88 Å². The number of aromatic nitrogens is 3. The highest BCUT2D eigenvalue weighted by Gasteiger charge is 2.21. The summed E-state index contributed by atoms with van der Waals surface area (Å²) < 4.78 is 2.12. The van der Waals surface area contributed by atoms with Crippen LogP contribution in [0.1, 0.15) is 24.4 Å². The number of rotatable bonds is 1. The second-order valence-electron chi connectivity index (χ2n) is 4.40. The Morgan fingerprint density at radius 3 is 3.17 bits per heavy atom. The van der Waals surface area contributed by atoms with Crippen LogP contribution in [0.2, 0.25) is 0 Å². The van der Waals surface area contributed by atoms with Crippen LogP contribution in [0.4, 0.5) is 0 Å². The zero-order valence-electron chi connectivity index (χ0n) is 10.1. The standard InChI is InChI=1S/C13H13N5/c1-9-12-16-17-13(18(12)6-5-15-9)11-4-2-3-10(7-11)8-14/h2-4,7,9,15H,5-6H2,1H3/t9-/m1/s1. The van der Waals surface area contributed by atoms with E-state index in [1.165, 1.54) is 0 Å². The van der Waals surface area contributed by atoms with Gasteiger partial charge in [-0.3, -0.25) is 0 Å². The van der Waals surface area contributed by atoms with Crippen molar-refractivity contribution in [2.24, 2.45) is 0 Å². The Morgan fingerprint density at radius 2 is 2.33 bits per heavy atom. The van der Waals surface area contributed by atoms with Gasteiger partial charge in [0.1, 0.15) is 5.82 Å². The third-order valence-electron chi connectivity index (χ3n) is 3.20. The molecular formula is C13H13N5. The largest absolute Gasteiger partial charge is 0.308 e. The van der Waals surface area contributed by atoms with E-state index in [4.69, 9.17) is 5.26 Å². The maximum Gasteiger partial charge on any atom is 0.164 e. The van der Waals surface area contributed by atoms with Crippen molar-refractivity contribution in [3.05, 3.63) is 35.7 Å². The molecule has 0 amide bonds. The zero-order chi connectivity index (χ0) is 12.5. The first-order valence-electron chi connectivity index (χ1n) is 5.96. The van der Waals surface area contributed by atoms with Gasteiger partial charge in [-0.1, -0.05) is 12.1 Å². The second-order valence-corrected chi connectivity index (χ2v) is 4.40. The lowest BCUT2D eigenvalue weighted by Gasteiger charge is -2.21. The van der Waals surface area contributed by atoms with Gasteiger partial charge in [-0.15, -0.1) is 10.2 Å². The molecule has 1 aliphatic rings. The first kappa shape index (κ1) is 10.9. The fourth-order valence-corrected chi connectivity index (χ4v) is 2.28. The Morgan fingerprint density at radius 1 is 1.44 bits per heavy atom. The number of nitriles is 1. The third-order valence-corrected chi connectivity index (χ3v) is 3.20. The topological polar surface area (TPSA) is 66.5 Å². The molecule has 1 atom stereocenters. The average molecular weight is 239 g/mol. The van der Waals surface area contributed by atoms with Gasteiger partial charge in [0.2, 0.25) is 0 Å². The van der Waals surface area contributed by atoms with Gasteiger partial charge in [-0.25, -0.2) is 0 Å². The third kappa shape index (κ3) is 1.67. The Bertz CT molecular complexity index is 623. The molecule has 3 rings (SSSR count). The first-order chi connectivity index (χ1) is 8.79. The monoisotopic (exact) mass is 239 g/mol. The molecular weight excluding hydrogens is 226 g/mol. The van der Waals surface area contributed by atoms with E-state index in [0.29, 0.717) is 5.56 Å². The van der Waals surface area contributed by atoms with Crippen LogP contribution in [0.3, 0.4) is 0 Å². The summed E-state index contributed by atoms with van der Waals surface area (Å²) in [6.07, 6.45) is 0. The lowest BCUT2D eigenvalue weighted by molar-refractivity contribution is 0.439. The van der Waals surface area contributed by atoms with Gasteiger partial charge in [-0.2, -0.15) is 5.26 Å². The molecule has 2 aromatic rings. The van der Waals surface area contributed by atoms with Gasteiger partial charge in [-0.05, 0) is 19.1 Å². The lowest BCUT2D eigenvalue weighted by Crippen LogP contribution is -2.32. The van der Waals surface area contributed by atoms with Crippen molar-refractivity contribution < 1.29 is 0 Å². The Balaban J connectivity index is 2.10. The molecule has 2 heterocycles. The summed E-state index contributed by atoms with van der Waals surface area (Å²) >= 11 is 0. The summed E-state index contributed by atoms with van der Waals surface area (Å²) in [5.74, 6) is 1.80. The fourth-order valence-electron chi connectivity index (χ4n) is 2.28. The van der Waals surface area contributed by atoms with E-state index in [1.807, 2.05) is 18.2 Å². The molecule has 1 aromatic carbocycles. The molecule has 90 valence electrons. The average Bonchev–Trinajstić information content (AvgIpc) is 2.84. The van der Waals surface area contributed by atoms with Crippen molar-refractivity contribution in [1.29, 1.82) is 5.26 Å². The van der Waals surface area contributed by atoms with E-state index in [-0.39, 0.29) is 6.04 Å². The Hall–Kier alpha value is -2.19. The van der Waals surface area contributed by atoms with Crippen LogP contribution < -0.4 is 5.32 Å². The molecule has 5 nitrogen and oxygen atoms in total. The first-order valence-corrected chi connectivity index (χ1v) is 5.96. The number of hydrogen-bond acceptors (Lipinski definition) is 4. The number of benzene rings is 1. The molecule has 5 heteroatoms. The summed E-state index contributed by atoms with van der Waals surface area (Å²) in [6.45, 7) is 3.85. The SMILES string of the molecule is C[C@H]1NCCn2c(-c3cccc(C#N)c3)nnc21. The lowest BCUT2D eigenvalue weighted by atomic mass is 10.1. The van der Waals surface area contributed by atoms with Crippen molar-refractivity contribution in [3.63, 3.8) is 0 Å². The highest BCUT2D eigenvalue weighted by Crippen LogP contribution is 2.23. The molecule has 0 aliphatic carbocycles. The van der Waals surface area contributed by atoms with Gasteiger partial charge in [0.05, 0.1) is 17.7 Å². The molecule has 18 heavy (non-hydrogen) atoms. The summed E-state index contributed by atoms with van der Waals surface area (Å²) in [5, 5.41) is 20.8. The predicted octanol–water partition coefficient (Wildman–Crippen LogP) is 1.48. The van der Waals surface area contributed by atoms with E-state index >= 15 is 0 Å². The minimum Gasteiger partial charge on any atom is -0.308 e. The molecule has 0 saturated carbocycles. The molecule has 0 spiro atoms. The molecule has 0 bridgehead atoms. The fraction of sp³-hybridized carbons (Fsp3) is 0.308. The van der Waals surface area contributed by atoms with E-state index in [1.54, 1.807) is 6.07 Å². The van der Waals surface area contributed by atoms with Crippen LogP contribution in [-0.4, -0.2) is 21.3 Å². The quantitative estimate of drug-likeness (QED) is 0.818. The Kier molecular flexibility index (Phi) is 2.58. The summed E-state index contributed by atoms with van der Waals surface area (Å²) in [4.78, 5) is 0. The van der Waals surface area contributed by atoms with Gasteiger partial charge >= 0.3 is 0 Å². The highest BCUT2D eigenvalue weighted by atomic mass is 15.3. The van der Waals surface area contributed by atoms with E-state index in [9.17, 15) is 0 Å². The van der Waals surface area contributed by atoms with Crippen molar-refractivity contribution in [3.8, 4) is 17.5 Å². The van der Waals surface area contributed by atoms with Crippen molar-refractivity contribution in [1.82, 2.24) is 20.1 Å². The molecule has 0 radical (unpaired) electrons. The van der Waals surface area contributed by atoms with E-state index in [2.05, 4.69) is 33.1 Å². The summed E-state index contributed by atoms with van der Waals surface area (Å²) in [7, 11) is 0. The summed E-state index contributed by atoms with van der Waals surface area (Å²) in [6, 6.07) is 9.85. The van der Waals surface area contributed by atoms with Crippen LogP contribution in [0.15, 0.2) is 24.3 Å². The van der Waals surface area contributed by atoms with Crippen LogP contribution in [0, 0.1) is 11.3 Å². The Labute approximate surface area is 105 Å². The van der Waals surface area contributed by atoms with Crippen LogP contribution in [0.5, 0.6) is 0 Å². The molecule has 0 fully saturated rings. The maximum absolute atomic E-state index is 8.94. The smallest absolute Gasteiger partial charge is 0.164 e. The predicted molar refractivity (Wildman–Crippen MR) is 66.6 cm³/mol. The number of nitrogens with zero attached hydrogens (tertiary/aromatic N) is 4. The molecule has 1 aromatic heterocycles. The van der Waals surface area contributed by atoms with Gasteiger partial charge in [0.25, 0.3) is 0 Å². The maximum atomic E-state index is 8.94. The number of nitrogens with one attached hydrogen (secondary N) is 1. The van der Waals surface area contributed by atoms with Crippen LogP contribution in [-0.2, 0) is 6.54 Å². The van der Waals surface area contributed by atoms with E-state index < -0.39 is 0 Å². The molecule has 0 unspecified atom stereocenters.